The highest BCUT2D eigenvalue weighted by atomic mass is 16.5. The van der Waals surface area contributed by atoms with E-state index in [1.54, 1.807) is 50.6 Å². The van der Waals surface area contributed by atoms with E-state index in [9.17, 15) is 14.7 Å². The summed E-state index contributed by atoms with van der Waals surface area (Å²) in [5, 5.41) is 11.3. The third kappa shape index (κ3) is 4.87. The van der Waals surface area contributed by atoms with Crippen LogP contribution in [0.1, 0.15) is 29.2 Å². The number of Topliss-reactive ketones (excluding diaryl/α,β-unsaturated/α-hetero) is 1. The Morgan fingerprint density at radius 1 is 1.00 bits per heavy atom. The highest BCUT2D eigenvalue weighted by Crippen LogP contribution is 2.44. The van der Waals surface area contributed by atoms with Gasteiger partial charge < -0.3 is 29.1 Å². The number of likely N-dealkylation sites (tertiary alicyclic amines) is 1. The first-order valence-corrected chi connectivity index (χ1v) is 11.0. The lowest BCUT2D eigenvalue weighted by Crippen LogP contribution is -2.32. The number of ether oxygens (including phenoxy) is 3. The molecule has 182 valence electrons. The van der Waals surface area contributed by atoms with Gasteiger partial charge in [-0.1, -0.05) is 0 Å². The third-order valence-electron chi connectivity index (χ3n) is 5.95. The van der Waals surface area contributed by atoms with E-state index in [4.69, 9.17) is 14.2 Å². The van der Waals surface area contributed by atoms with Gasteiger partial charge in [-0.15, -0.1) is 0 Å². The fourth-order valence-electron chi connectivity index (χ4n) is 4.22. The Kier molecular flexibility index (Phi) is 7.83. The van der Waals surface area contributed by atoms with Gasteiger partial charge in [0.2, 0.25) is 0 Å². The topological polar surface area (TPSA) is 88.5 Å². The number of amides is 1. The zero-order valence-electron chi connectivity index (χ0n) is 20.5. The van der Waals surface area contributed by atoms with Crippen LogP contribution in [0.2, 0.25) is 0 Å². The van der Waals surface area contributed by atoms with Crippen molar-refractivity contribution < 1.29 is 28.9 Å². The Morgan fingerprint density at radius 2 is 1.71 bits per heavy atom. The molecule has 34 heavy (non-hydrogen) atoms. The summed E-state index contributed by atoms with van der Waals surface area (Å²) in [6.07, 6.45) is 0.663. The van der Waals surface area contributed by atoms with E-state index < -0.39 is 17.7 Å². The molecule has 0 radical (unpaired) electrons. The van der Waals surface area contributed by atoms with Crippen molar-refractivity contribution >= 4 is 17.4 Å². The van der Waals surface area contributed by atoms with Gasteiger partial charge in [0.05, 0.1) is 32.9 Å². The Balaban J connectivity index is 2.18. The van der Waals surface area contributed by atoms with Crippen LogP contribution in [0.15, 0.2) is 42.0 Å². The van der Waals surface area contributed by atoms with E-state index in [2.05, 4.69) is 0 Å². The van der Waals surface area contributed by atoms with Gasteiger partial charge in [-0.25, -0.2) is 0 Å². The molecule has 1 atom stereocenters. The number of methoxy groups -OCH3 is 3. The fraction of sp³-hybridized carbons (Fsp3) is 0.385. The molecule has 0 saturated carbocycles. The molecule has 1 heterocycles. The van der Waals surface area contributed by atoms with Crippen LogP contribution in [-0.4, -0.2) is 75.1 Å². The van der Waals surface area contributed by atoms with Crippen molar-refractivity contribution in [1.29, 1.82) is 0 Å². The molecule has 3 rings (SSSR count). The van der Waals surface area contributed by atoms with Crippen LogP contribution in [0.25, 0.3) is 5.76 Å². The smallest absolute Gasteiger partial charge is 0.295 e. The lowest BCUT2D eigenvalue weighted by atomic mass is 9.94. The molecule has 1 fully saturated rings. The number of ketones is 1. The number of hydrogen-bond donors (Lipinski definition) is 1. The molecule has 2 aromatic rings. The van der Waals surface area contributed by atoms with Crippen LogP contribution in [0, 0.1) is 6.92 Å². The van der Waals surface area contributed by atoms with E-state index >= 15 is 0 Å². The van der Waals surface area contributed by atoms with Gasteiger partial charge in [0, 0.05) is 23.7 Å². The molecular formula is C26H32N2O6. The van der Waals surface area contributed by atoms with Crippen molar-refractivity contribution in [1.82, 2.24) is 9.80 Å². The van der Waals surface area contributed by atoms with Gasteiger partial charge in [-0.05, 0) is 69.9 Å². The zero-order valence-corrected chi connectivity index (χ0v) is 20.5. The summed E-state index contributed by atoms with van der Waals surface area (Å²) < 4.78 is 16.2. The maximum Gasteiger partial charge on any atom is 0.295 e. The van der Waals surface area contributed by atoms with Crippen molar-refractivity contribution in [2.45, 2.75) is 19.4 Å². The van der Waals surface area contributed by atoms with Crippen LogP contribution in [0.3, 0.4) is 0 Å². The minimum atomic E-state index is -0.801. The summed E-state index contributed by atoms with van der Waals surface area (Å²) in [6, 6.07) is 9.53. The average molecular weight is 469 g/mol. The maximum absolute atomic E-state index is 13.2. The van der Waals surface area contributed by atoms with Crippen LogP contribution >= 0.6 is 0 Å². The minimum absolute atomic E-state index is 0.0305. The van der Waals surface area contributed by atoms with E-state index in [1.807, 2.05) is 25.9 Å². The number of aliphatic hydroxyl groups is 1. The zero-order chi connectivity index (χ0) is 25.0. The van der Waals surface area contributed by atoms with Gasteiger partial charge in [0.1, 0.15) is 23.0 Å². The summed E-state index contributed by atoms with van der Waals surface area (Å²) in [7, 11) is 8.53. The average Bonchev–Trinajstić information content (AvgIpc) is 3.07. The first-order valence-electron chi connectivity index (χ1n) is 11.0. The number of hydrogen-bond acceptors (Lipinski definition) is 7. The van der Waals surface area contributed by atoms with Crippen LogP contribution in [0.4, 0.5) is 0 Å². The Hall–Kier alpha value is -3.52. The van der Waals surface area contributed by atoms with Crippen molar-refractivity contribution in [3.63, 3.8) is 0 Å². The number of rotatable bonds is 9. The monoisotopic (exact) mass is 468 g/mol. The van der Waals surface area contributed by atoms with E-state index in [0.29, 0.717) is 41.3 Å². The predicted molar refractivity (Wildman–Crippen MR) is 129 cm³/mol. The molecule has 0 aromatic heterocycles. The second-order valence-corrected chi connectivity index (χ2v) is 8.44. The molecule has 0 unspecified atom stereocenters. The van der Waals surface area contributed by atoms with Crippen molar-refractivity contribution in [2.75, 3.05) is 48.5 Å². The van der Waals surface area contributed by atoms with Crippen LogP contribution < -0.4 is 14.2 Å². The predicted octanol–water partition coefficient (Wildman–Crippen LogP) is 3.39. The van der Waals surface area contributed by atoms with E-state index in [0.717, 1.165) is 12.1 Å². The molecule has 0 spiro atoms. The second-order valence-electron chi connectivity index (χ2n) is 8.44. The van der Waals surface area contributed by atoms with Gasteiger partial charge >= 0.3 is 0 Å². The normalized spacial score (nSPS) is 17.4. The van der Waals surface area contributed by atoms with E-state index in [-0.39, 0.29) is 11.3 Å². The lowest BCUT2D eigenvalue weighted by molar-refractivity contribution is -0.140. The molecule has 0 bridgehead atoms. The molecule has 2 aromatic carbocycles. The quantitative estimate of drug-likeness (QED) is 0.343. The van der Waals surface area contributed by atoms with E-state index in [1.165, 1.54) is 12.0 Å². The summed E-state index contributed by atoms with van der Waals surface area (Å²) in [5.74, 6) is 0.0971. The van der Waals surface area contributed by atoms with Gasteiger partial charge in [0.25, 0.3) is 11.7 Å². The number of carbonyl (C=O) groups is 2. The largest absolute Gasteiger partial charge is 0.507 e. The maximum atomic E-state index is 13.2. The SMILES string of the molecule is COc1ccc([C@H]2C(=C(O)c3ccc(OC)c(C)c3)C(=O)C(=O)N2CCCN(C)C)c(OC)c1. The molecule has 1 N–H and O–H groups in total. The molecule has 0 aliphatic carbocycles. The fourth-order valence-corrected chi connectivity index (χ4v) is 4.22. The first kappa shape index (κ1) is 25.1. The lowest BCUT2D eigenvalue weighted by Gasteiger charge is -2.27. The van der Waals surface area contributed by atoms with Gasteiger partial charge in [0.15, 0.2) is 0 Å². The Bertz CT molecular complexity index is 1110. The molecule has 8 heteroatoms. The molecule has 1 saturated heterocycles. The Morgan fingerprint density at radius 3 is 2.29 bits per heavy atom. The number of aliphatic hydroxyl groups excluding tert-OH is 1. The highest BCUT2D eigenvalue weighted by Gasteiger charge is 2.46. The number of benzene rings is 2. The number of carbonyl (C=O) groups excluding carboxylic acids is 2. The van der Waals surface area contributed by atoms with Gasteiger partial charge in [-0.3, -0.25) is 9.59 Å². The molecule has 8 nitrogen and oxygen atoms in total. The standard InChI is InChI=1S/C26H32N2O6/c1-16-14-17(8-11-20(16)33-5)24(29)22-23(19-10-9-18(32-4)15-21(19)34-6)28(26(31)25(22)30)13-7-12-27(2)3/h8-11,14-15,23,29H,7,12-13H2,1-6H3/t23-/m0/s1. The number of aryl methyl sites for hydroxylation is 1. The van der Waals surface area contributed by atoms with Crippen molar-refractivity contribution in [3.05, 3.63) is 58.7 Å². The summed E-state index contributed by atoms with van der Waals surface area (Å²) in [5.41, 5.74) is 1.86. The van der Waals surface area contributed by atoms with Crippen LogP contribution in [0.5, 0.6) is 17.2 Å². The molecule has 1 aliphatic heterocycles. The third-order valence-corrected chi connectivity index (χ3v) is 5.95. The molecule has 1 aliphatic rings. The second kappa shape index (κ2) is 10.6. The molecular weight excluding hydrogens is 436 g/mol. The summed E-state index contributed by atoms with van der Waals surface area (Å²) in [4.78, 5) is 29.9. The van der Waals surface area contributed by atoms with Gasteiger partial charge in [-0.2, -0.15) is 0 Å². The van der Waals surface area contributed by atoms with Crippen molar-refractivity contribution in [2.24, 2.45) is 0 Å². The Labute approximate surface area is 200 Å². The van der Waals surface area contributed by atoms with Crippen LogP contribution in [-0.2, 0) is 9.59 Å². The number of nitrogens with zero attached hydrogens (tertiary/aromatic N) is 2. The van der Waals surface area contributed by atoms with Crippen molar-refractivity contribution in [3.8, 4) is 17.2 Å². The summed E-state index contributed by atoms with van der Waals surface area (Å²) >= 11 is 0. The summed E-state index contributed by atoms with van der Waals surface area (Å²) in [6.45, 7) is 2.94. The first-order chi connectivity index (χ1) is 16.2. The molecule has 1 amide bonds. The minimum Gasteiger partial charge on any atom is -0.507 e. The highest BCUT2D eigenvalue weighted by molar-refractivity contribution is 6.46.